The molecule has 0 unspecified atom stereocenters. The first-order valence-corrected chi connectivity index (χ1v) is 7.85. The van der Waals surface area contributed by atoms with E-state index in [4.69, 9.17) is 5.11 Å². The number of amides is 3. The van der Waals surface area contributed by atoms with Crippen LogP contribution >= 0.6 is 23.5 Å². The number of amidine groups is 2. The van der Waals surface area contributed by atoms with Gasteiger partial charge in [0.2, 0.25) is 17.7 Å². The highest BCUT2D eigenvalue weighted by molar-refractivity contribution is 8.15. The van der Waals surface area contributed by atoms with Crippen LogP contribution in [0.15, 0.2) is 10.2 Å². The zero-order valence-electron chi connectivity index (χ0n) is 11.0. The van der Waals surface area contributed by atoms with Gasteiger partial charge in [0, 0.05) is 6.42 Å². The predicted molar refractivity (Wildman–Crippen MR) is 80.3 cm³/mol. The summed E-state index contributed by atoms with van der Waals surface area (Å²) in [5.41, 5.74) is 0. The number of carboxylic acid groups (broad SMARTS) is 1. The Hall–Kier alpha value is -2.08. The Labute approximate surface area is 132 Å². The fraction of sp³-hybridized carbons (Fsp3) is 0.400. The molecule has 2 heterocycles. The van der Waals surface area contributed by atoms with Gasteiger partial charge in [-0.25, -0.2) is 0 Å². The second-order valence-electron chi connectivity index (χ2n) is 4.12. The number of aliphatic carboxylic acids is 1. The normalized spacial score (nSPS) is 24.5. The van der Waals surface area contributed by atoms with Crippen LogP contribution in [0.3, 0.4) is 0 Å². The van der Waals surface area contributed by atoms with Crippen LogP contribution in [0.25, 0.3) is 0 Å². The van der Waals surface area contributed by atoms with Gasteiger partial charge in [-0.15, -0.1) is 10.2 Å². The topological polar surface area (TPSA) is 149 Å². The van der Waals surface area contributed by atoms with Crippen molar-refractivity contribution < 1.29 is 24.3 Å². The minimum atomic E-state index is -1.16. The van der Waals surface area contributed by atoms with E-state index >= 15 is 0 Å². The van der Waals surface area contributed by atoms with Crippen molar-refractivity contribution in [1.29, 1.82) is 0 Å². The molecule has 0 aromatic rings. The number of carbonyl (C=O) groups is 4. The summed E-state index contributed by atoms with van der Waals surface area (Å²) in [6, 6.07) is 0. The van der Waals surface area contributed by atoms with Crippen molar-refractivity contribution >= 4 is 57.5 Å². The Balaban J connectivity index is 1.86. The molecule has 0 bridgehead atoms. The first-order chi connectivity index (χ1) is 10.4. The molecule has 2 saturated heterocycles. The standard InChI is InChI=1S/C10H11N5O5S2/c16-5(11-2-7(18)19)1-4-8(20)13-10(22-4)15-14-9-12-6(17)3-21-9/h4H,1-3H2,(H,11,16)(H,18,19)(H,12,14,17)(H,13,15,20)/t4-/m0/s1. The van der Waals surface area contributed by atoms with E-state index in [9.17, 15) is 19.2 Å². The van der Waals surface area contributed by atoms with E-state index < -0.39 is 29.6 Å². The lowest BCUT2D eigenvalue weighted by Crippen LogP contribution is -2.33. The minimum absolute atomic E-state index is 0.162. The number of rotatable bonds is 5. The van der Waals surface area contributed by atoms with Crippen molar-refractivity contribution in [2.24, 2.45) is 10.2 Å². The SMILES string of the molecule is O=C(O)CNC(=O)C[C@@H]1SC(=NN=C2NC(=O)CS2)NC1=O. The number of hydrogen-bond donors (Lipinski definition) is 4. The highest BCUT2D eigenvalue weighted by Gasteiger charge is 2.32. The number of hydrogen-bond acceptors (Lipinski definition) is 8. The van der Waals surface area contributed by atoms with E-state index in [1.165, 1.54) is 11.8 Å². The molecule has 0 aliphatic carbocycles. The van der Waals surface area contributed by atoms with Crippen LogP contribution in [0.4, 0.5) is 0 Å². The average molecular weight is 345 g/mol. The number of thioether (sulfide) groups is 2. The van der Waals surface area contributed by atoms with Crippen LogP contribution in [0.5, 0.6) is 0 Å². The minimum Gasteiger partial charge on any atom is -0.480 e. The quantitative estimate of drug-likeness (QED) is 0.434. The van der Waals surface area contributed by atoms with Crippen molar-refractivity contribution in [2.45, 2.75) is 11.7 Å². The van der Waals surface area contributed by atoms with Crippen molar-refractivity contribution in [3.63, 3.8) is 0 Å². The third-order valence-electron chi connectivity index (χ3n) is 2.40. The van der Waals surface area contributed by atoms with E-state index in [2.05, 4.69) is 26.2 Å². The first kappa shape index (κ1) is 16.3. The first-order valence-electron chi connectivity index (χ1n) is 5.98. The van der Waals surface area contributed by atoms with E-state index in [1.54, 1.807) is 0 Å². The molecule has 0 radical (unpaired) electrons. The van der Waals surface area contributed by atoms with Crippen molar-refractivity contribution in [3.05, 3.63) is 0 Å². The summed E-state index contributed by atoms with van der Waals surface area (Å²) in [7, 11) is 0. The second-order valence-corrected chi connectivity index (χ2v) is 6.27. The predicted octanol–water partition coefficient (Wildman–Crippen LogP) is -1.70. The molecule has 2 fully saturated rings. The Morgan fingerprint density at radius 3 is 2.64 bits per heavy atom. The number of nitrogens with one attached hydrogen (secondary N) is 3. The molecule has 12 heteroatoms. The molecule has 0 saturated carbocycles. The molecule has 2 aliphatic rings. The molecular weight excluding hydrogens is 334 g/mol. The summed E-state index contributed by atoms with van der Waals surface area (Å²) in [6.07, 6.45) is -0.162. The van der Waals surface area contributed by atoms with Crippen molar-refractivity contribution in [1.82, 2.24) is 16.0 Å². The van der Waals surface area contributed by atoms with Gasteiger partial charge in [0.05, 0.1) is 5.75 Å². The van der Waals surface area contributed by atoms with Gasteiger partial charge in [0.1, 0.15) is 11.8 Å². The van der Waals surface area contributed by atoms with E-state index in [-0.39, 0.29) is 23.2 Å². The maximum atomic E-state index is 11.7. The summed E-state index contributed by atoms with van der Waals surface area (Å²) in [5, 5.41) is 23.0. The van der Waals surface area contributed by atoms with Crippen molar-refractivity contribution in [3.8, 4) is 0 Å². The van der Waals surface area contributed by atoms with Gasteiger partial charge in [0.25, 0.3) is 0 Å². The van der Waals surface area contributed by atoms with Crippen LogP contribution < -0.4 is 16.0 Å². The molecule has 10 nitrogen and oxygen atoms in total. The highest BCUT2D eigenvalue weighted by Crippen LogP contribution is 2.22. The molecule has 0 aromatic heterocycles. The third kappa shape index (κ3) is 4.73. The second kappa shape index (κ2) is 7.26. The van der Waals surface area contributed by atoms with E-state index in [1.807, 2.05) is 0 Å². The lowest BCUT2D eigenvalue weighted by atomic mass is 10.2. The smallest absolute Gasteiger partial charge is 0.322 e. The van der Waals surface area contributed by atoms with Gasteiger partial charge < -0.3 is 21.1 Å². The van der Waals surface area contributed by atoms with Gasteiger partial charge in [0.15, 0.2) is 10.3 Å². The number of carboxylic acids is 1. The van der Waals surface area contributed by atoms with Crippen LogP contribution in [-0.2, 0) is 19.2 Å². The Morgan fingerprint density at radius 1 is 1.27 bits per heavy atom. The van der Waals surface area contributed by atoms with Crippen LogP contribution in [0, 0.1) is 0 Å². The maximum absolute atomic E-state index is 11.7. The maximum Gasteiger partial charge on any atom is 0.322 e. The number of nitrogens with zero attached hydrogens (tertiary/aromatic N) is 2. The average Bonchev–Trinajstić information content (AvgIpc) is 3.01. The lowest BCUT2D eigenvalue weighted by molar-refractivity contribution is -0.138. The molecule has 22 heavy (non-hydrogen) atoms. The van der Waals surface area contributed by atoms with E-state index in [0.29, 0.717) is 5.17 Å². The lowest BCUT2D eigenvalue weighted by Gasteiger charge is -2.04. The van der Waals surface area contributed by atoms with E-state index in [0.717, 1.165) is 11.8 Å². The van der Waals surface area contributed by atoms with Gasteiger partial charge in [-0.05, 0) is 0 Å². The van der Waals surface area contributed by atoms with Gasteiger partial charge in [-0.1, -0.05) is 23.5 Å². The van der Waals surface area contributed by atoms with Gasteiger partial charge in [-0.2, -0.15) is 0 Å². The number of carbonyl (C=O) groups excluding carboxylic acids is 3. The van der Waals surface area contributed by atoms with Gasteiger partial charge >= 0.3 is 5.97 Å². The third-order valence-corrected chi connectivity index (χ3v) is 4.34. The van der Waals surface area contributed by atoms with Crippen molar-refractivity contribution in [2.75, 3.05) is 12.3 Å². The molecule has 3 amide bonds. The Kier molecular flexibility index (Phi) is 5.38. The monoisotopic (exact) mass is 345 g/mol. The Bertz CT molecular complexity index is 590. The molecular formula is C10H11N5O5S2. The summed E-state index contributed by atoms with van der Waals surface area (Å²) in [4.78, 5) is 44.4. The van der Waals surface area contributed by atoms with Crippen LogP contribution in [0.1, 0.15) is 6.42 Å². The molecule has 1 atom stereocenters. The largest absolute Gasteiger partial charge is 0.480 e. The zero-order valence-corrected chi connectivity index (χ0v) is 12.6. The van der Waals surface area contributed by atoms with Crippen LogP contribution in [-0.4, -0.2) is 56.7 Å². The van der Waals surface area contributed by atoms with Crippen LogP contribution in [0.2, 0.25) is 0 Å². The summed E-state index contributed by atoms with van der Waals surface area (Å²) >= 11 is 2.21. The fourth-order valence-electron chi connectivity index (χ4n) is 1.47. The summed E-state index contributed by atoms with van der Waals surface area (Å²) in [6.45, 7) is -0.497. The molecule has 0 aromatic carbocycles. The highest BCUT2D eigenvalue weighted by atomic mass is 32.2. The molecule has 118 valence electrons. The fourth-order valence-corrected chi connectivity index (χ4v) is 3.01. The summed E-state index contributed by atoms with van der Waals surface area (Å²) in [5.74, 6) is -2.00. The molecule has 2 aliphatic heterocycles. The zero-order chi connectivity index (χ0) is 16.1. The molecule has 0 spiro atoms. The molecule has 4 N–H and O–H groups in total. The Morgan fingerprint density at radius 2 is 2.00 bits per heavy atom. The molecule has 2 rings (SSSR count). The van der Waals surface area contributed by atoms with Gasteiger partial charge in [-0.3, -0.25) is 19.2 Å². The summed E-state index contributed by atoms with van der Waals surface area (Å²) < 4.78 is 0.